The van der Waals surface area contributed by atoms with E-state index in [0.29, 0.717) is 17.3 Å². The van der Waals surface area contributed by atoms with Gasteiger partial charge in [0.2, 0.25) is 0 Å². The first-order valence-corrected chi connectivity index (χ1v) is 8.34. The van der Waals surface area contributed by atoms with Gasteiger partial charge in [-0.1, -0.05) is 6.42 Å². The van der Waals surface area contributed by atoms with Crippen molar-refractivity contribution in [2.45, 2.75) is 31.8 Å². The maximum absolute atomic E-state index is 12.2. The van der Waals surface area contributed by atoms with Gasteiger partial charge < -0.3 is 10.4 Å². The first kappa shape index (κ1) is 15.2. The number of carbonyl (C=O) groups is 1. The van der Waals surface area contributed by atoms with Gasteiger partial charge >= 0.3 is 0 Å². The summed E-state index contributed by atoms with van der Waals surface area (Å²) in [5.74, 6) is 0.283. The van der Waals surface area contributed by atoms with E-state index in [1.54, 1.807) is 17.1 Å². The molecule has 0 bridgehead atoms. The normalized spacial score (nSPS) is 21.7. The molecule has 0 spiro atoms. The van der Waals surface area contributed by atoms with Crippen molar-refractivity contribution in [3.8, 4) is 10.6 Å². The second-order valence-corrected chi connectivity index (χ2v) is 6.86. The standard InChI is InChI=1S/C15H20N4O2S/c1-19-9-11(7-18-19)15-17-8-13(22-15)14(21)16-6-10-3-2-4-12(20)5-10/h7-10,12,20H,2-6H2,1H3,(H,16,21). The Morgan fingerprint density at radius 2 is 2.36 bits per heavy atom. The molecule has 7 heteroatoms. The van der Waals surface area contributed by atoms with Crippen LogP contribution in [0.5, 0.6) is 0 Å². The van der Waals surface area contributed by atoms with E-state index in [9.17, 15) is 9.90 Å². The number of aliphatic hydroxyl groups excluding tert-OH is 1. The lowest BCUT2D eigenvalue weighted by Gasteiger charge is -2.25. The summed E-state index contributed by atoms with van der Waals surface area (Å²) in [6.45, 7) is 0.621. The van der Waals surface area contributed by atoms with Crippen LogP contribution in [0.15, 0.2) is 18.6 Å². The third kappa shape index (κ3) is 3.53. The van der Waals surface area contributed by atoms with Gasteiger partial charge in [0.1, 0.15) is 9.88 Å². The predicted molar refractivity (Wildman–Crippen MR) is 84.6 cm³/mol. The SMILES string of the molecule is Cn1cc(-c2ncc(C(=O)NCC3CCCC(O)C3)s2)cn1. The number of amides is 1. The van der Waals surface area contributed by atoms with Crippen molar-refractivity contribution < 1.29 is 9.90 Å². The van der Waals surface area contributed by atoms with E-state index in [1.807, 2.05) is 13.2 Å². The van der Waals surface area contributed by atoms with E-state index < -0.39 is 0 Å². The van der Waals surface area contributed by atoms with E-state index in [2.05, 4.69) is 15.4 Å². The molecule has 0 saturated heterocycles. The van der Waals surface area contributed by atoms with Gasteiger partial charge in [0.25, 0.3) is 5.91 Å². The van der Waals surface area contributed by atoms with Crippen LogP contribution in [0, 0.1) is 5.92 Å². The van der Waals surface area contributed by atoms with Gasteiger partial charge in [-0.25, -0.2) is 4.98 Å². The summed E-state index contributed by atoms with van der Waals surface area (Å²) in [6, 6.07) is 0. The zero-order chi connectivity index (χ0) is 15.5. The molecule has 2 heterocycles. The molecule has 2 aromatic heterocycles. The van der Waals surface area contributed by atoms with Gasteiger partial charge in [0, 0.05) is 25.4 Å². The second-order valence-electron chi connectivity index (χ2n) is 5.83. The van der Waals surface area contributed by atoms with Gasteiger partial charge in [-0.05, 0) is 25.2 Å². The number of rotatable bonds is 4. The number of aryl methyl sites for hydroxylation is 1. The van der Waals surface area contributed by atoms with Crippen molar-refractivity contribution in [3.63, 3.8) is 0 Å². The fourth-order valence-corrected chi connectivity index (χ4v) is 3.62. The number of nitrogens with one attached hydrogen (secondary N) is 1. The highest BCUT2D eigenvalue weighted by Gasteiger charge is 2.21. The minimum Gasteiger partial charge on any atom is -0.393 e. The summed E-state index contributed by atoms with van der Waals surface area (Å²) in [6.07, 6.45) is 8.79. The Hall–Kier alpha value is -1.73. The molecule has 2 unspecified atom stereocenters. The van der Waals surface area contributed by atoms with E-state index in [4.69, 9.17) is 0 Å². The molecule has 6 nitrogen and oxygen atoms in total. The van der Waals surface area contributed by atoms with Gasteiger partial charge in [0.15, 0.2) is 0 Å². The summed E-state index contributed by atoms with van der Waals surface area (Å²) >= 11 is 1.37. The number of aromatic nitrogens is 3. The topological polar surface area (TPSA) is 80.0 Å². The molecule has 1 aliphatic rings. The van der Waals surface area contributed by atoms with Crippen molar-refractivity contribution in [1.29, 1.82) is 0 Å². The Morgan fingerprint density at radius 3 is 3.09 bits per heavy atom. The highest BCUT2D eigenvalue weighted by atomic mass is 32.1. The Bertz CT molecular complexity index is 652. The number of aliphatic hydroxyl groups is 1. The first-order chi connectivity index (χ1) is 10.6. The van der Waals surface area contributed by atoms with Crippen molar-refractivity contribution in [1.82, 2.24) is 20.1 Å². The molecule has 22 heavy (non-hydrogen) atoms. The van der Waals surface area contributed by atoms with Gasteiger partial charge in [-0.15, -0.1) is 11.3 Å². The number of hydrogen-bond donors (Lipinski definition) is 2. The highest BCUT2D eigenvalue weighted by Crippen LogP contribution is 2.25. The van der Waals surface area contributed by atoms with E-state index in [-0.39, 0.29) is 12.0 Å². The number of nitrogens with zero attached hydrogens (tertiary/aromatic N) is 3. The van der Waals surface area contributed by atoms with Crippen LogP contribution in [0.4, 0.5) is 0 Å². The Morgan fingerprint density at radius 1 is 1.50 bits per heavy atom. The summed E-state index contributed by atoms with van der Waals surface area (Å²) in [5, 5.41) is 17.5. The van der Waals surface area contributed by atoms with Gasteiger partial charge in [-0.3, -0.25) is 9.48 Å². The van der Waals surface area contributed by atoms with Crippen LogP contribution < -0.4 is 5.32 Å². The molecule has 118 valence electrons. The largest absolute Gasteiger partial charge is 0.393 e. The van der Waals surface area contributed by atoms with Crippen LogP contribution in [0.2, 0.25) is 0 Å². The maximum atomic E-state index is 12.2. The van der Waals surface area contributed by atoms with E-state index in [0.717, 1.165) is 36.3 Å². The number of hydrogen-bond acceptors (Lipinski definition) is 5. The number of thiazole rings is 1. The molecule has 1 saturated carbocycles. The highest BCUT2D eigenvalue weighted by molar-refractivity contribution is 7.16. The summed E-state index contributed by atoms with van der Waals surface area (Å²) < 4.78 is 1.71. The minimum atomic E-state index is -0.212. The van der Waals surface area contributed by atoms with E-state index >= 15 is 0 Å². The van der Waals surface area contributed by atoms with Crippen molar-refractivity contribution in [2.24, 2.45) is 13.0 Å². The first-order valence-electron chi connectivity index (χ1n) is 7.53. The van der Waals surface area contributed by atoms with E-state index in [1.165, 1.54) is 11.3 Å². The zero-order valence-corrected chi connectivity index (χ0v) is 13.3. The monoisotopic (exact) mass is 320 g/mol. The smallest absolute Gasteiger partial charge is 0.263 e. The molecular weight excluding hydrogens is 300 g/mol. The average Bonchev–Trinajstić information content (AvgIpc) is 3.13. The Kier molecular flexibility index (Phi) is 4.54. The number of carbonyl (C=O) groups excluding carboxylic acids is 1. The molecule has 0 aliphatic heterocycles. The fraction of sp³-hybridized carbons (Fsp3) is 0.533. The van der Waals surface area contributed by atoms with Crippen molar-refractivity contribution in [2.75, 3.05) is 6.54 Å². The van der Waals surface area contributed by atoms with Crippen LogP contribution in [0.1, 0.15) is 35.4 Å². The second kappa shape index (κ2) is 6.58. The molecule has 0 radical (unpaired) electrons. The Balaban J connectivity index is 1.57. The molecular formula is C15H20N4O2S. The van der Waals surface area contributed by atoms with Gasteiger partial charge in [0.05, 0.1) is 18.5 Å². The molecule has 3 rings (SSSR count). The van der Waals surface area contributed by atoms with Crippen LogP contribution in [-0.2, 0) is 7.05 Å². The fourth-order valence-electron chi connectivity index (χ4n) is 2.82. The van der Waals surface area contributed by atoms with Gasteiger partial charge in [-0.2, -0.15) is 5.10 Å². The van der Waals surface area contributed by atoms with Crippen LogP contribution in [-0.4, -0.2) is 38.4 Å². The minimum absolute atomic E-state index is 0.0901. The lowest BCUT2D eigenvalue weighted by atomic mass is 9.87. The molecule has 2 atom stereocenters. The third-order valence-electron chi connectivity index (χ3n) is 3.99. The van der Waals surface area contributed by atoms with Crippen LogP contribution in [0.3, 0.4) is 0 Å². The lowest BCUT2D eigenvalue weighted by molar-refractivity contribution is 0.0876. The maximum Gasteiger partial charge on any atom is 0.263 e. The average molecular weight is 320 g/mol. The molecule has 1 amide bonds. The summed E-state index contributed by atoms with van der Waals surface area (Å²) in [7, 11) is 1.85. The molecule has 2 aromatic rings. The summed E-state index contributed by atoms with van der Waals surface area (Å²) in [4.78, 5) is 17.1. The third-order valence-corrected chi connectivity index (χ3v) is 5.03. The predicted octanol–water partition coefficient (Wildman–Crippen LogP) is 1.82. The van der Waals surface area contributed by atoms with Crippen molar-refractivity contribution >= 4 is 17.2 Å². The Labute approximate surface area is 133 Å². The van der Waals surface area contributed by atoms with Crippen LogP contribution >= 0.6 is 11.3 Å². The molecule has 2 N–H and O–H groups in total. The van der Waals surface area contributed by atoms with Crippen molar-refractivity contribution in [3.05, 3.63) is 23.5 Å². The quantitative estimate of drug-likeness (QED) is 0.900. The molecule has 1 aliphatic carbocycles. The molecule has 1 fully saturated rings. The summed E-state index contributed by atoms with van der Waals surface area (Å²) in [5.41, 5.74) is 0.918. The zero-order valence-electron chi connectivity index (χ0n) is 12.5. The van der Waals surface area contributed by atoms with Crippen LogP contribution in [0.25, 0.3) is 10.6 Å². The lowest BCUT2D eigenvalue weighted by Crippen LogP contribution is -2.32. The molecule has 0 aromatic carbocycles.